The number of benzene rings is 1. The lowest BCUT2D eigenvalue weighted by atomic mass is 10.1. The highest BCUT2D eigenvalue weighted by molar-refractivity contribution is 7.10. The Bertz CT molecular complexity index is 468. The van der Waals surface area contributed by atoms with Crippen molar-refractivity contribution in [3.8, 4) is 0 Å². The van der Waals surface area contributed by atoms with Crippen molar-refractivity contribution in [2.24, 2.45) is 0 Å². The second kappa shape index (κ2) is 6.61. The summed E-state index contributed by atoms with van der Waals surface area (Å²) in [5, 5.41) is 4.76. The zero-order valence-corrected chi connectivity index (χ0v) is 10.7. The molecule has 0 unspecified atom stereocenters. The Morgan fingerprint density at radius 1 is 1.11 bits per heavy atom. The summed E-state index contributed by atoms with van der Waals surface area (Å²) in [4.78, 5) is 1.26. The molecule has 0 fully saturated rings. The zero-order chi connectivity index (χ0) is 12.8. The van der Waals surface area contributed by atoms with Crippen molar-refractivity contribution < 1.29 is 8.78 Å². The van der Waals surface area contributed by atoms with Crippen LogP contribution in [0.15, 0.2) is 41.8 Å². The summed E-state index contributed by atoms with van der Waals surface area (Å²) >= 11 is 1.68. The Hall–Kier alpha value is -1.26. The molecule has 0 bridgehead atoms. The molecule has 0 amide bonds. The summed E-state index contributed by atoms with van der Waals surface area (Å²) in [6.07, 6.45) is -1.38. The van der Waals surface area contributed by atoms with Crippen LogP contribution < -0.4 is 5.32 Å². The summed E-state index contributed by atoms with van der Waals surface area (Å²) < 4.78 is 23.9. The van der Waals surface area contributed by atoms with Gasteiger partial charge in [-0.3, -0.25) is 0 Å². The Morgan fingerprint density at radius 2 is 1.89 bits per heavy atom. The SMILES string of the molecule is FC(F)CNCc1csc(Cc2ccccc2)c1. The fraction of sp³-hybridized carbons (Fsp3) is 0.286. The van der Waals surface area contributed by atoms with E-state index in [1.54, 1.807) is 11.3 Å². The van der Waals surface area contributed by atoms with E-state index in [0.717, 1.165) is 12.0 Å². The maximum atomic E-state index is 12.0. The van der Waals surface area contributed by atoms with Crippen LogP contribution in [-0.2, 0) is 13.0 Å². The van der Waals surface area contributed by atoms with Crippen LogP contribution in [0, 0.1) is 0 Å². The van der Waals surface area contributed by atoms with Gasteiger partial charge in [0.1, 0.15) is 0 Å². The first kappa shape index (κ1) is 13.2. The van der Waals surface area contributed by atoms with Gasteiger partial charge in [0.25, 0.3) is 6.43 Å². The molecule has 1 aromatic carbocycles. The molecule has 18 heavy (non-hydrogen) atoms. The normalized spacial score (nSPS) is 11.1. The second-order valence-electron chi connectivity index (χ2n) is 4.11. The van der Waals surface area contributed by atoms with Crippen molar-refractivity contribution in [3.63, 3.8) is 0 Å². The van der Waals surface area contributed by atoms with E-state index >= 15 is 0 Å². The number of hydrogen-bond acceptors (Lipinski definition) is 2. The molecule has 1 N–H and O–H groups in total. The summed E-state index contributed by atoms with van der Waals surface area (Å²) in [7, 11) is 0. The molecule has 0 radical (unpaired) electrons. The number of alkyl halides is 2. The Morgan fingerprint density at radius 3 is 2.61 bits per heavy atom. The minimum Gasteiger partial charge on any atom is -0.307 e. The number of thiophene rings is 1. The van der Waals surface area contributed by atoms with E-state index in [0.29, 0.717) is 6.54 Å². The molecule has 0 atom stereocenters. The predicted octanol–water partition coefficient (Wildman–Crippen LogP) is 3.69. The van der Waals surface area contributed by atoms with Crippen molar-refractivity contribution in [1.82, 2.24) is 5.32 Å². The highest BCUT2D eigenvalue weighted by Gasteiger charge is 2.03. The van der Waals surface area contributed by atoms with Gasteiger partial charge in [-0.15, -0.1) is 11.3 Å². The van der Waals surface area contributed by atoms with Gasteiger partial charge in [0.15, 0.2) is 0 Å². The first-order chi connectivity index (χ1) is 8.74. The third kappa shape index (κ3) is 4.20. The average molecular weight is 267 g/mol. The molecular weight excluding hydrogens is 252 g/mol. The molecule has 0 aliphatic heterocycles. The molecule has 2 aromatic rings. The molecule has 2 rings (SSSR count). The fourth-order valence-electron chi connectivity index (χ4n) is 1.73. The van der Waals surface area contributed by atoms with Crippen LogP contribution in [0.4, 0.5) is 8.78 Å². The molecule has 1 heterocycles. The first-order valence-corrected chi connectivity index (χ1v) is 6.71. The number of hydrogen-bond donors (Lipinski definition) is 1. The predicted molar refractivity (Wildman–Crippen MR) is 71.3 cm³/mol. The first-order valence-electron chi connectivity index (χ1n) is 5.83. The lowest BCUT2D eigenvalue weighted by Gasteiger charge is -2.01. The van der Waals surface area contributed by atoms with Gasteiger partial charge in [-0.25, -0.2) is 8.78 Å². The maximum absolute atomic E-state index is 12.0. The lowest BCUT2D eigenvalue weighted by Crippen LogP contribution is -2.20. The molecule has 4 heteroatoms. The molecule has 0 spiro atoms. The van der Waals surface area contributed by atoms with Crippen LogP contribution in [0.2, 0.25) is 0 Å². The summed E-state index contributed by atoms with van der Waals surface area (Å²) in [6, 6.07) is 12.3. The molecule has 0 saturated carbocycles. The highest BCUT2D eigenvalue weighted by Crippen LogP contribution is 2.18. The molecule has 0 saturated heterocycles. The Kier molecular flexibility index (Phi) is 4.84. The summed E-state index contributed by atoms with van der Waals surface area (Å²) in [6.45, 7) is 0.263. The fourth-order valence-corrected chi connectivity index (χ4v) is 2.66. The Labute approximate surface area is 109 Å². The van der Waals surface area contributed by atoms with Crippen LogP contribution in [-0.4, -0.2) is 13.0 Å². The van der Waals surface area contributed by atoms with Gasteiger partial charge in [0.05, 0.1) is 6.54 Å². The van der Waals surface area contributed by atoms with Crippen molar-refractivity contribution >= 4 is 11.3 Å². The maximum Gasteiger partial charge on any atom is 0.250 e. The topological polar surface area (TPSA) is 12.0 Å². The van der Waals surface area contributed by atoms with E-state index in [4.69, 9.17) is 0 Å². The molecule has 96 valence electrons. The van der Waals surface area contributed by atoms with Crippen LogP contribution >= 0.6 is 11.3 Å². The average Bonchev–Trinajstić information content (AvgIpc) is 2.78. The van der Waals surface area contributed by atoms with Gasteiger partial charge in [-0.05, 0) is 22.6 Å². The minimum atomic E-state index is -2.28. The van der Waals surface area contributed by atoms with E-state index in [1.807, 2.05) is 23.6 Å². The monoisotopic (exact) mass is 267 g/mol. The van der Waals surface area contributed by atoms with Gasteiger partial charge < -0.3 is 5.32 Å². The van der Waals surface area contributed by atoms with Crippen molar-refractivity contribution in [1.29, 1.82) is 0 Å². The van der Waals surface area contributed by atoms with Crippen LogP contribution in [0.3, 0.4) is 0 Å². The van der Waals surface area contributed by atoms with E-state index in [1.165, 1.54) is 10.4 Å². The van der Waals surface area contributed by atoms with Crippen LogP contribution in [0.5, 0.6) is 0 Å². The van der Waals surface area contributed by atoms with E-state index < -0.39 is 6.43 Å². The van der Waals surface area contributed by atoms with Crippen molar-refractivity contribution in [2.45, 2.75) is 19.4 Å². The minimum absolute atomic E-state index is 0.246. The van der Waals surface area contributed by atoms with Gasteiger partial charge in [0, 0.05) is 17.8 Å². The van der Waals surface area contributed by atoms with E-state index in [9.17, 15) is 8.78 Å². The van der Waals surface area contributed by atoms with Crippen molar-refractivity contribution in [3.05, 3.63) is 57.8 Å². The third-order valence-electron chi connectivity index (χ3n) is 2.56. The summed E-state index contributed by atoms with van der Waals surface area (Å²) in [5.41, 5.74) is 2.35. The zero-order valence-electron chi connectivity index (χ0n) is 9.90. The molecular formula is C14H15F2NS. The van der Waals surface area contributed by atoms with E-state index in [2.05, 4.69) is 23.5 Å². The van der Waals surface area contributed by atoms with Crippen molar-refractivity contribution in [2.75, 3.05) is 6.54 Å². The van der Waals surface area contributed by atoms with Crippen LogP contribution in [0.25, 0.3) is 0 Å². The third-order valence-corrected chi connectivity index (χ3v) is 3.54. The van der Waals surface area contributed by atoms with Gasteiger partial charge in [-0.1, -0.05) is 30.3 Å². The second-order valence-corrected chi connectivity index (χ2v) is 5.10. The summed E-state index contributed by atoms with van der Waals surface area (Å²) in [5.74, 6) is 0. The van der Waals surface area contributed by atoms with Gasteiger partial charge in [0.2, 0.25) is 0 Å². The standard InChI is InChI=1S/C14H15F2NS/c15-14(16)9-17-8-12-7-13(18-10-12)6-11-4-2-1-3-5-11/h1-5,7,10,14,17H,6,8-9H2. The largest absolute Gasteiger partial charge is 0.307 e. The molecule has 1 nitrogen and oxygen atoms in total. The smallest absolute Gasteiger partial charge is 0.250 e. The van der Waals surface area contributed by atoms with E-state index in [-0.39, 0.29) is 6.54 Å². The Balaban J connectivity index is 1.86. The lowest BCUT2D eigenvalue weighted by molar-refractivity contribution is 0.145. The van der Waals surface area contributed by atoms with Crippen LogP contribution in [0.1, 0.15) is 16.0 Å². The molecule has 0 aliphatic rings. The quantitative estimate of drug-likeness (QED) is 0.841. The van der Waals surface area contributed by atoms with Gasteiger partial charge >= 0.3 is 0 Å². The van der Waals surface area contributed by atoms with Gasteiger partial charge in [-0.2, -0.15) is 0 Å². The number of rotatable bonds is 6. The number of halogens is 2. The molecule has 0 aliphatic carbocycles. The molecule has 1 aromatic heterocycles. The number of nitrogens with one attached hydrogen (secondary N) is 1. The highest BCUT2D eigenvalue weighted by atomic mass is 32.1.